The van der Waals surface area contributed by atoms with Crippen LogP contribution in [0.2, 0.25) is 0 Å². The van der Waals surface area contributed by atoms with Crippen LogP contribution in [0.25, 0.3) is 5.65 Å². The van der Waals surface area contributed by atoms with Crippen LogP contribution in [0.4, 0.5) is 5.69 Å². The predicted octanol–water partition coefficient (Wildman–Crippen LogP) is 2.35. The second-order valence-electron chi connectivity index (χ2n) is 6.11. The van der Waals surface area contributed by atoms with E-state index in [2.05, 4.69) is 26.1 Å². The summed E-state index contributed by atoms with van der Waals surface area (Å²) in [5.41, 5.74) is 1.99. The van der Waals surface area contributed by atoms with Crippen molar-refractivity contribution in [1.29, 1.82) is 0 Å². The first kappa shape index (κ1) is 16.2. The molecule has 1 N–H and O–H groups in total. The summed E-state index contributed by atoms with van der Waals surface area (Å²) in [4.78, 5) is 4.81. The van der Waals surface area contributed by atoms with Gasteiger partial charge in [0.15, 0.2) is 10.8 Å². The summed E-state index contributed by atoms with van der Waals surface area (Å²) in [6.07, 6.45) is 2.01. The number of nitrogens with zero attached hydrogens (tertiary/aromatic N) is 5. The zero-order chi connectivity index (χ0) is 17.1. The van der Waals surface area contributed by atoms with Gasteiger partial charge >= 0.3 is 0 Å². The number of aromatic hydroxyl groups is 1. The minimum atomic E-state index is 0.330. The molecule has 0 atom stereocenters. The van der Waals surface area contributed by atoms with Crippen LogP contribution in [0.5, 0.6) is 5.75 Å². The van der Waals surface area contributed by atoms with Gasteiger partial charge in [-0.1, -0.05) is 23.9 Å². The molecule has 7 heteroatoms. The van der Waals surface area contributed by atoms with Gasteiger partial charge in [-0.3, -0.25) is 9.30 Å². The number of hydrogen-bond donors (Lipinski definition) is 1. The lowest BCUT2D eigenvalue weighted by atomic mass is 10.2. The number of fused-ring (bicyclic) bond motifs is 1. The van der Waals surface area contributed by atoms with Crippen molar-refractivity contribution in [3.05, 3.63) is 48.7 Å². The Hall–Kier alpha value is -2.25. The molecule has 1 fully saturated rings. The molecule has 25 heavy (non-hydrogen) atoms. The molecule has 1 aliphatic heterocycles. The van der Waals surface area contributed by atoms with E-state index in [1.807, 2.05) is 40.9 Å². The lowest BCUT2D eigenvalue weighted by Gasteiger charge is -2.36. The number of pyridine rings is 1. The summed E-state index contributed by atoms with van der Waals surface area (Å²) < 4.78 is 2.03. The van der Waals surface area contributed by atoms with E-state index in [9.17, 15) is 5.11 Å². The first-order valence-corrected chi connectivity index (χ1v) is 9.47. The maximum atomic E-state index is 9.62. The summed E-state index contributed by atoms with van der Waals surface area (Å²) in [6.45, 7) is 5.10. The van der Waals surface area contributed by atoms with Crippen LogP contribution in [0.1, 0.15) is 0 Å². The average molecular weight is 355 g/mol. The Bertz CT molecular complexity index is 844. The summed E-state index contributed by atoms with van der Waals surface area (Å²) in [7, 11) is 0. The summed E-state index contributed by atoms with van der Waals surface area (Å²) in [5, 5.41) is 19.0. The van der Waals surface area contributed by atoms with Crippen LogP contribution >= 0.6 is 11.8 Å². The van der Waals surface area contributed by atoms with Crippen molar-refractivity contribution in [2.75, 3.05) is 43.4 Å². The van der Waals surface area contributed by atoms with Crippen molar-refractivity contribution in [3.63, 3.8) is 0 Å². The first-order valence-electron chi connectivity index (χ1n) is 8.48. The Morgan fingerprint density at radius 3 is 2.72 bits per heavy atom. The van der Waals surface area contributed by atoms with Crippen LogP contribution in [-0.2, 0) is 0 Å². The fraction of sp³-hybridized carbons (Fsp3) is 0.333. The molecule has 0 saturated carbocycles. The quantitative estimate of drug-likeness (QED) is 0.709. The van der Waals surface area contributed by atoms with Gasteiger partial charge in [0, 0.05) is 56.4 Å². The molecule has 1 aromatic carbocycles. The predicted molar refractivity (Wildman–Crippen MR) is 100 cm³/mol. The molecule has 1 aliphatic rings. The third-order valence-corrected chi connectivity index (χ3v) is 5.41. The highest BCUT2D eigenvalue weighted by atomic mass is 32.2. The van der Waals surface area contributed by atoms with E-state index >= 15 is 0 Å². The molecule has 1 saturated heterocycles. The van der Waals surface area contributed by atoms with Crippen molar-refractivity contribution in [3.8, 4) is 5.75 Å². The number of anilines is 1. The molecule has 0 radical (unpaired) electrons. The smallest absolute Gasteiger partial charge is 0.195 e. The molecule has 0 aliphatic carbocycles. The number of piperazine rings is 1. The standard InChI is InChI=1S/C18H21N5OS/c24-16-5-3-4-15(14-16)22-10-8-21(9-11-22)12-13-25-18-20-19-17-6-1-2-7-23(17)18/h1-7,14,24H,8-13H2. The second-order valence-corrected chi connectivity index (χ2v) is 7.17. The Morgan fingerprint density at radius 1 is 1.00 bits per heavy atom. The number of rotatable bonds is 5. The number of phenolic OH excluding ortho intramolecular Hbond substituents is 1. The Morgan fingerprint density at radius 2 is 1.88 bits per heavy atom. The van der Waals surface area contributed by atoms with Gasteiger partial charge in [0.05, 0.1) is 0 Å². The molecule has 4 rings (SSSR count). The summed E-state index contributed by atoms with van der Waals surface area (Å²) in [6, 6.07) is 13.5. The van der Waals surface area contributed by atoms with Gasteiger partial charge in [0.2, 0.25) is 0 Å². The summed E-state index contributed by atoms with van der Waals surface area (Å²) >= 11 is 1.75. The fourth-order valence-electron chi connectivity index (χ4n) is 3.10. The van der Waals surface area contributed by atoms with E-state index in [1.54, 1.807) is 17.8 Å². The Kier molecular flexibility index (Phi) is 4.76. The molecule has 3 aromatic rings. The summed E-state index contributed by atoms with van der Waals surface area (Å²) in [5.74, 6) is 1.33. The number of thioether (sulfide) groups is 1. The van der Waals surface area contributed by atoms with Crippen molar-refractivity contribution in [1.82, 2.24) is 19.5 Å². The maximum Gasteiger partial charge on any atom is 0.195 e. The topological polar surface area (TPSA) is 56.9 Å². The van der Waals surface area contributed by atoms with Gasteiger partial charge in [-0.25, -0.2) is 0 Å². The second kappa shape index (κ2) is 7.33. The number of hydrogen-bond acceptors (Lipinski definition) is 6. The van der Waals surface area contributed by atoms with Crippen molar-refractivity contribution in [2.24, 2.45) is 0 Å². The highest BCUT2D eigenvalue weighted by Crippen LogP contribution is 2.22. The van der Waals surface area contributed by atoms with Gasteiger partial charge in [-0.15, -0.1) is 10.2 Å². The van der Waals surface area contributed by atoms with Crippen molar-refractivity contribution in [2.45, 2.75) is 5.16 Å². The SMILES string of the molecule is Oc1cccc(N2CCN(CCSc3nnc4ccccn34)CC2)c1. The van der Waals surface area contributed by atoms with Crippen molar-refractivity contribution >= 4 is 23.1 Å². The number of phenols is 1. The minimum absolute atomic E-state index is 0.330. The van der Waals surface area contributed by atoms with E-state index in [4.69, 9.17) is 0 Å². The van der Waals surface area contributed by atoms with E-state index in [0.717, 1.165) is 55.0 Å². The van der Waals surface area contributed by atoms with E-state index in [1.165, 1.54) is 0 Å². The normalized spacial score (nSPS) is 15.8. The van der Waals surface area contributed by atoms with Gasteiger partial charge < -0.3 is 10.0 Å². The lowest BCUT2D eigenvalue weighted by molar-refractivity contribution is 0.273. The first-order chi connectivity index (χ1) is 12.3. The molecule has 2 aromatic heterocycles. The monoisotopic (exact) mass is 355 g/mol. The van der Waals surface area contributed by atoms with Crippen LogP contribution in [-0.4, -0.2) is 63.1 Å². The molecule has 130 valence electrons. The molecular formula is C18H21N5OS. The molecule has 6 nitrogen and oxygen atoms in total. The van der Waals surface area contributed by atoms with Crippen LogP contribution < -0.4 is 4.90 Å². The molecule has 0 spiro atoms. The van der Waals surface area contributed by atoms with Crippen LogP contribution in [0, 0.1) is 0 Å². The van der Waals surface area contributed by atoms with E-state index in [-0.39, 0.29) is 0 Å². The minimum Gasteiger partial charge on any atom is -0.508 e. The Balaban J connectivity index is 1.26. The van der Waals surface area contributed by atoms with Gasteiger partial charge in [-0.05, 0) is 24.3 Å². The highest BCUT2D eigenvalue weighted by molar-refractivity contribution is 7.99. The van der Waals surface area contributed by atoms with Crippen molar-refractivity contribution < 1.29 is 5.11 Å². The lowest BCUT2D eigenvalue weighted by Crippen LogP contribution is -2.47. The number of benzene rings is 1. The van der Waals surface area contributed by atoms with E-state index in [0.29, 0.717) is 5.75 Å². The van der Waals surface area contributed by atoms with Crippen LogP contribution in [0.3, 0.4) is 0 Å². The largest absolute Gasteiger partial charge is 0.508 e. The zero-order valence-corrected chi connectivity index (χ0v) is 14.8. The van der Waals surface area contributed by atoms with Gasteiger partial charge in [0.25, 0.3) is 0 Å². The zero-order valence-electron chi connectivity index (χ0n) is 14.0. The maximum absolute atomic E-state index is 9.62. The van der Waals surface area contributed by atoms with Crippen LogP contribution in [0.15, 0.2) is 53.8 Å². The average Bonchev–Trinajstić information content (AvgIpc) is 3.06. The third-order valence-electron chi connectivity index (χ3n) is 4.49. The fourth-order valence-corrected chi connectivity index (χ4v) is 4.03. The molecule has 0 amide bonds. The Labute approximate surface area is 151 Å². The van der Waals surface area contributed by atoms with Gasteiger partial charge in [0.1, 0.15) is 5.75 Å². The van der Waals surface area contributed by atoms with E-state index < -0.39 is 0 Å². The molecule has 3 heterocycles. The molecule has 0 bridgehead atoms. The highest BCUT2D eigenvalue weighted by Gasteiger charge is 2.17. The van der Waals surface area contributed by atoms with Gasteiger partial charge in [-0.2, -0.15) is 0 Å². The molecular weight excluding hydrogens is 334 g/mol. The number of aromatic nitrogens is 3. The third kappa shape index (κ3) is 3.72. The molecule has 0 unspecified atom stereocenters.